The maximum absolute atomic E-state index is 12.1. The third kappa shape index (κ3) is 5.41. The van der Waals surface area contributed by atoms with Crippen LogP contribution in [0.2, 0.25) is 5.02 Å². The van der Waals surface area contributed by atoms with E-state index in [1.54, 1.807) is 24.3 Å². The summed E-state index contributed by atoms with van der Waals surface area (Å²) in [6.07, 6.45) is 2.21. The van der Waals surface area contributed by atoms with Gasteiger partial charge in [-0.15, -0.1) is 0 Å². The van der Waals surface area contributed by atoms with Gasteiger partial charge in [0.25, 0.3) is 5.91 Å². The van der Waals surface area contributed by atoms with Crippen LogP contribution in [0.25, 0.3) is 0 Å². The molecule has 0 aliphatic carbocycles. The average molecular weight is 405 g/mol. The molecule has 0 aromatic heterocycles. The molecule has 2 aromatic carbocycles. The Kier molecular flexibility index (Phi) is 6.86. The Hall–Kier alpha value is -2.29. The Morgan fingerprint density at radius 2 is 1.92 bits per heavy atom. The van der Waals surface area contributed by atoms with E-state index < -0.39 is 5.91 Å². The van der Waals surface area contributed by atoms with Gasteiger partial charge in [0.15, 0.2) is 0 Å². The molecule has 1 amide bonds. The molecule has 0 radical (unpaired) electrons. The zero-order valence-corrected chi connectivity index (χ0v) is 15.1. The quantitative estimate of drug-likeness (QED) is 0.429. The minimum atomic E-state index is -0.465. The molecule has 6 heteroatoms. The minimum absolute atomic E-state index is 0.0112. The first-order valence-corrected chi connectivity index (χ1v) is 8.41. The number of hydrogen-bond donors (Lipinski definition) is 2. The summed E-state index contributed by atoms with van der Waals surface area (Å²) in [6.45, 7) is 0.613. The van der Waals surface area contributed by atoms with Gasteiger partial charge in [0, 0.05) is 27.9 Å². The van der Waals surface area contributed by atoms with E-state index in [0.717, 1.165) is 16.5 Å². The van der Waals surface area contributed by atoms with Gasteiger partial charge < -0.3 is 10.6 Å². The number of anilines is 1. The fourth-order valence-corrected chi connectivity index (χ4v) is 2.57. The number of nitrogens with zero attached hydrogens (tertiary/aromatic N) is 1. The maximum Gasteiger partial charge on any atom is 0.267 e. The second kappa shape index (κ2) is 9.11. The van der Waals surface area contributed by atoms with E-state index in [4.69, 9.17) is 16.9 Å². The van der Waals surface area contributed by atoms with Crippen molar-refractivity contribution in [3.63, 3.8) is 0 Å². The molecule has 24 heavy (non-hydrogen) atoms. The van der Waals surface area contributed by atoms with Crippen molar-refractivity contribution in [3.05, 3.63) is 75.4 Å². The lowest BCUT2D eigenvalue weighted by molar-refractivity contribution is -0.112. The van der Waals surface area contributed by atoms with Crippen molar-refractivity contribution in [2.75, 3.05) is 11.9 Å². The number of nitrogens with one attached hydrogen (secondary N) is 2. The molecule has 4 nitrogen and oxygen atoms in total. The zero-order valence-electron chi connectivity index (χ0n) is 12.7. The van der Waals surface area contributed by atoms with Crippen molar-refractivity contribution in [1.82, 2.24) is 5.32 Å². The molecule has 0 fully saturated rings. The van der Waals surface area contributed by atoms with E-state index in [2.05, 4.69) is 26.6 Å². The highest BCUT2D eigenvalue weighted by Gasteiger charge is 2.09. The Morgan fingerprint density at radius 3 is 2.58 bits per heavy atom. The van der Waals surface area contributed by atoms with Crippen LogP contribution in [0.3, 0.4) is 0 Å². The fourth-order valence-electron chi connectivity index (χ4n) is 1.96. The van der Waals surface area contributed by atoms with E-state index in [1.807, 2.05) is 30.3 Å². The molecular weight excluding hydrogens is 390 g/mol. The summed E-state index contributed by atoms with van der Waals surface area (Å²) in [4.78, 5) is 12.1. The predicted octanol–water partition coefficient (Wildman–Crippen LogP) is 4.28. The number of carbonyl (C=O) groups excluding carboxylic acids is 1. The number of nitriles is 1. The normalized spacial score (nSPS) is 10.8. The molecular formula is C18H15BrClN3O. The van der Waals surface area contributed by atoms with Crippen molar-refractivity contribution < 1.29 is 4.79 Å². The number of rotatable bonds is 6. The van der Waals surface area contributed by atoms with Gasteiger partial charge in [-0.1, -0.05) is 45.7 Å². The summed E-state index contributed by atoms with van der Waals surface area (Å²) in [5.74, 6) is -0.465. The highest BCUT2D eigenvalue weighted by atomic mass is 79.9. The highest BCUT2D eigenvalue weighted by molar-refractivity contribution is 9.10. The third-order valence-corrected chi connectivity index (χ3v) is 4.24. The Labute approximate surface area is 154 Å². The van der Waals surface area contributed by atoms with Crippen molar-refractivity contribution >= 4 is 39.1 Å². The van der Waals surface area contributed by atoms with E-state index in [9.17, 15) is 4.79 Å². The second-order valence-electron chi connectivity index (χ2n) is 4.93. The lowest BCUT2D eigenvalue weighted by atomic mass is 10.1. The van der Waals surface area contributed by atoms with Crippen LogP contribution >= 0.6 is 27.5 Å². The molecule has 2 rings (SSSR count). The standard InChI is InChI=1S/C18H15BrClN3O/c19-17-4-2-1-3-13(17)9-10-22-12-14(11-21)18(24)23-16-7-5-15(20)6-8-16/h1-8,12,22H,9-10H2,(H,23,24)/b14-12-. The molecule has 0 atom stereocenters. The van der Waals surface area contributed by atoms with Crippen LogP contribution in [0.1, 0.15) is 5.56 Å². The number of hydrogen-bond acceptors (Lipinski definition) is 3. The largest absolute Gasteiger partial charge is 0.389 e. The molecule has 0 unspecified atom stereocenters. The molecule has 0 saturated carbocycles. The number of amides is 1. The summed E-state index contributed by atoms with van der Waals surface area (Å²) >= 11 is 9.28. The minimum Gasteiger partial charge on any atom is -0.389 e. The van der Waals surface area contributed by atoms with Crippen molar-refractivity contribution in [2.24, 2.45) is 0 Å². The first-order chi connectivity index (χ1) is 11.6. The SMILES string of the molecule is N#C/C(=C/NCCc1ccccc1Br)C(=O)Nc1ccc(Cl)cc1. The van der Waals surface area contributed by atoms with Crippen molar-refractivity contribution in [2.45, 2.75) is 6.42 Å². The number of halogens is 2. The van der Waals surface area contributed by atoms with Gasteiger partial charge >= 0.3 is 0 Å². The first kappa shape index (κ1) is 18.1. The van der Waals surface area contributed by atoms with Crippen molar-refractivity contribution in [1.29, 1.82) is 5.26 Å². The molecule has 0 heterocycles. The highest BCUT2D eigenvalue weighted by Crippen LogP contribution is 2.16. The average Bonchev–Trinajstić information content (AvgIpc) is 2.58. The number of benzene rings is 2. The van der Waals surface area contributed by atoms with Crippen LogP contribution in [0.15, 0.2) is 64.8 Å². The topological polar surface area (TPSA) is 64.9 Å². The summed E-state index contributed by atoms with van der Waals surface area (Å²) in [7, 11) is 0. The van der Waals surface area contributed by atoms with Gasteiger partial charge in [-0.2, -0.15) is 5.26 Å². The van der Waals surface area contributed by atoms with E-state index in [0.29, 0.717) is 17.3 Å². The zero-order chi connectivity index (χ0) is 17.4. The third-order valence-electron chi connectivity index (χ3n) is 3.21. The van der Waals surface area contributed by atoms with E-state index in [1.165, 1.54) is 6.20 Å². The van der Waals surface area contributed by atoms with Gasteiger partial charge in [0.2, 0.25) is 0 Å². The summed E-state index contributed by atoms with van der Waals surface area (Å²) in [5.41, 5.74) is 1.75. The second-order valence-corrected chi connectivity index (χ2v) is 6.22. The summed E-state index contributed by atoms with van der Waals surface area (Å²) in [6, 6.07) is 16.5. The number of carbonyl (C=O) groups is 1. The van der Waals surface area contributed by atoms with Gasteiger partial charge in [-0.25, -0.2) is 0 Å². The van der Waals surface area contributed by atoms with Crippen LogP contribution in [0.4, 0.5) is 5.69 Å². The summed E-state index contributed by atoms with van der Waals surface area (Å²) < 4.78 is 1.04. The lowest BCUT2D eigenvalue weighted by Gasteiger charge is -2.06. The van der Waals surface area contributed by atoms with Crippen LogP contribution in [-0.4, -0.2) is 12.5 Å². The molecule has 0 spiro atoms. The van der Waals surface area contributed by atoms with Crippen molar-refractivity contribution in [3.8, 4) is 6.07 Å². The smallest absolute Gasteiger partial charge is 0.267 e. The van der Waals surface area contributed by atoms with Crippen LogP contribution in [-0.2, 0) is 11.2 Å². The molecule has 2 N–H and O–H groups in total. The predicted molar refractivity (Wildman–Crippen MR) is 99.6 cm³/mol. The van der Waals surface area contributed by atoms with Gasteiger partial charge in [0.05, 0.1) is 0 Å². The molecule has 122 valence electrons. The Balaban J connectivity index is 1.89. The van der Waals surface area contributed by atoms with Gasteiger partial charge in [-0.3, -0.25) is 4.79 Å². The molecule has 0 aliphatic rings. The lowest BCUT2D eigenvalue weighted by Crippen LogP contribution is -2.18. The molecule has 0 saturated heterocycles. The van der Waals surface area contributed by atoms with Gasteiger partial charge in [-0.05, 0) is 42.3 Å². The van der Waals surface area contributed by atoms with Crippen LogP contribution < -0.4 is 10.6 Å². The monoisotopic (exact) mass is 403 g/mol. The molecule has 0 bridgehead atoms. The maximum atomic E-state index is 12.1. The fraction of sp³-hybridized carbons (Fsp3) is 0.111. The molecule has 0 aliphatic heterocycles. The Bertz CT molecular complexity index is 782. The van der Waals surface area contributed by atoms with Gasteiger partial charge in [0.1, 0.15) is 11.6 Å². The summed E-state index contributed by atoms with van der Waals surface area (Å²) in [5, 5.41) is 15.4. The molecule has 2 aromatic rings. The first-order valence-electron chi connectivity index (χ1n) is 7.24. The van der Waals surface area contributed by atoms with Crippen LogP contribution in [0.5, 0.6) is 0 Å². The Morgan fingerprint density at radius 1 is 1.21 bits per heavy atom. The van der Waals surface area contributed by atoms with E-state index >= 15 is 0 Å². The van der Waals surface area contributed by atoms with Crippen LogP contribution in [0, 0.1) is 11.3 Å². The van der Waals surface area contributed by atoms with E-state index in [-0.39, 0.29) is 5.57 Å².